The number of H-pyrrole nitrogens is 1. The monoisotopic (exact) mass is 443 g/mol. The molecule has 0 radical (unpaired) electrons. The van der Waals surface area contributed by atoms with E-state index in [1.165, 1.54) is 29.4 Å². The molecule has 0 spiro atoms. The number of aromatic nitrogens is 6. The van der Waals surface area contributed by atoms with Crippen molar-refractivity contribution < 1.29 is 30.8 Å². The molecule has 0 saturated carbocycles. The van der Waals surface area contributed by atoms with Gasteiger partial charge in [0.2, 0.25) is 0 Å². The molecule has 1 aliphatic heterocycles. The molecule has 0 aromatic carbocycles. The van der Waals surface area contributed by atoms with E-state index in [0.717, 1.165) is 10.6 Å². The summed E-state index contributed by atoms with van der Waals surface area (Å²) in [4.78, 5) is 8.48. The van der Waals surface area contributed by atoms with Gasteiger partial charge in [-0.25, -0.2) is 9.50 Å². The maximum atomic E-state index is 13.4. The van der Waals surface area contributed by atoms with Gasteiger partial charge in [-0.05, 0) is 18.2 Å². The van der Waals surface area contributed by atoms with Crippen LogP contribution >= 0.6 is 0 Å². The molecule has 0 fully saturated rings. The molecular formula is C17H11F6N7O. The van der Waals surface area contributed by atoms with Crippen LogP contribution < -0.4 is 4.90 Å². The summed E-state index contributed by atoms with van der Waals surface area (Å²) in [5.41, 5.74) is 0.392. The topological polar surface area (TPSA) is 88.1 Å². The number of hydrogen-bond acceptors (Lipinski definition) is 6. The van der Waals surface area contributed by atoms with Crippen molar-refractivity contribution in [2.24, 2.45) is 0 Å². The normalized spacial score (nSPS) is 17.4. The highest BCUT2D eigenvalue weighted by Gasteiger charge is 2.42. The van der Waals surface area contributed by atoms with Crippen LogP contribution in [0.1, 0.15) is 34.7 Å². The Hall–Kier alpha value is -3.58. The van der Waals surface area contributed by atoms with Gasteiger partial charge in [0.25, 0.3) is 0 Å². The van der Waals surface area contributed by atoms with Crippen LogP contribution in [0.2, 0.25) is 0 Å². The van der Waals surface area contributed by atoms with Gasteiger partial charge in [0.1, 0.15) is 11.7 Å². The van der Waals surface area contributed by atoms with Gasteiger partial charge in [0.15, 0.2) is 0 Å². The van der Waals surface area contributed by atoms with Crippen molar-refractivity contribution in [3.05, 3.63) is 59.3 Å². The number of pyridine rings is 1. The van der Waals surface area contributed by atoms with Gasteiger partial charge >= 0.3 is 24.3 Å². The first-order valence-electron chi connectivity index (χ1n) is 8.88. The van der Waals surface area contributed by atoms with E-state index in [4.69, 9.17) is 4.42 Å². The molecule has 5 rings (SSSR count). The number of halogens is 6. The molecule has 0 bridgehead atoms. The quantitative estimate of drug-likeness (QED) is 0.476. The predicted molar refractivity (Wildman–Crippen MR) is 91.0 cm³/mol. The number of fused-ring (bicyclic) bond motifs is 2. The molecule has 1 N–H and O–H groups in total. The van der Waals surface area contributed by atoms with E-state index in [1.54, 1.807) is 0 Å². The number of imidazole rings is 1. The fraction of sp³-hybridized carbons (Fsp3) is 0.294. The van der Waals surface area contributed by atoms with Gasteiger partial charge in [-0.1, -0.05) is 11.2 Å². The molecule has 0 unspecified atom stereocenters. The lowest BCUT2D eigenvalue weighted by Gasteiger charge is -2.32. The molecule has 31 heavy (non-hydrogen) atoms. The number of alkyl halides is 6. The zero-order valence-corrected chi connectivity index (χ0v) is 15.2. The van der Waals surface area contributed by atoms with E-state index in [0.29, 0.717) is 17.8 Å². The fourth-order valence-electron chi connectivity index (χ4n) is 3.61. The average Bonchev–Trinajstić information content (AvgIpc) is 3.42. The number of nitrogens with zero attached hydrogens (tertiary/aromatic N) is 6. The van der Waals surface area contributed by atoms with E-state index >= 15 is 0 Å². The summed E-state index contributed by atoms with van der Waals surface area (Å²) in [7, 11) is 0. The first-order valence-corrected chi connectivity index (χ1v) is 8.88. The molecule has 4 aromatic heterocycles. The highest BCUT2D eigenvalue weighted by molar-refractivity contribution is 5.53. The van der Waals surface area contributed by atoms with Crippen molar-refractivity contribution in [2.45, 2.75) is 24.8 Å². The first kappa shape index (κ1) is 19.4. The standard InChI is InChI=1S/C17H11F6N7O/c18-16(19,20)11-3-1-2-8-6-10(28-30(8)11)13-12-9(24-7-25-12)4-5-29(13)15-27-26-14(31-15)17(21,22)23/h1-3,6-7,13H,4-5H2,(H,24,25)/t13-/m0/s1. The van der Waals surface area contributed by atoms with Gasteiger partial charge in [-0.2, -0.15) is 31.4 Å². The second-order valence-corrected chi connectivity index (χ2v) is 6.81. The third-order valence-electron chi connectivity index (χ3n) is 4.90. The smallest absolute Gasteiger partial charge is 0.399 e. The zero-order valence-electron chi connectivity index (χ0n) is 15.2. The Kier molecular flexibility index (Phi) is 4.04. The molecule has 162 valence electrons. The summed E-state index contributed by atoms with van der Waals surface area (Å²) >= 11 is 0. The Balaban J connectivity index is 1.65. The highest BCUT2D eigenvalue weighted by Crippen LogP contribution is 2.38. The maximum Gasteiger partial charge on any atom is 0.470 e. The number of hydrogen-bond donors (Lipinski definition) is 1. The van der Waals surface area contributed by atoms with Crippen molar-refractivity contribution in [1.82, 2.24) is 29.8 Å². The van der Waals surface area contributed by atoms with E-state index in [1.807, 2.05) is 0 Å². The molecular weight excluding hydrogens is 432 g/mol. The summed E-state index contributed by atoms with van der Waals surface area (Å²) in [5.74, 6) is -1.52. The lowest BCUT2D eigenvalue weighted by Crippen LogP contribution is -2.37. The van der Waals surface area contributed by atoms with Crippen molar-refractivity contribution in [3.63, 3.8) is 0 Å². The Labute approximate surface area is 168 Å². The van der Waals surface area contributed by atoms with Crippen LogP contribution in [-0.4, -0.2) is 36.3 Å². The summed E-state index contributed by atoms with van der Waals surface area (Å²) < 4.78 is 84.5. The fourth-order valence-corrected chi connectivity index (χ4v) is 3.61. The van der Waals surface area contributed by atoms with Crippen molar-refractivity contribution >= 4 is 11.5 Å². The zero-order chi connectivity index (χ0) is 22.0. The number of anilines is 1. The van der Waals surface area contributed by atoms with E-state index < -0.39 is 36.0 Å². The highest BCUT2D eigenvalue weighted by atomic mass is 19.4. The van der Waals surface area contributed by atoms with Gasteiger partial charge in [-0.3, -0.25) is 0 Å². The minimum absolute atomic E-state index is 0.136. The second-order valence-electron chi connectivity index (χ2n) is 6.81. The van der Waals surface area contributed by atoms with Gasteiger partial charge in [0.05, 0.1) is 23.2 Å². The molecule has 0 amide bonds. The lowest BCUT2D eigenvalue weighted by molar-refractivity contribution is -0.157. The third kappa shape index (κ3) is 3.18. The Morgan fingerprint density at radius 1 is 1.06 bits per heavy atom. The van der Waals surface area contributed by atoms with Crippen LogP contribution in [0.25, 0.3) is 5.52 Å². The van der Waals surface area contributed by atoms with Crippen LogP contribution in [0.4, 0.5) is 32.4 Å². The molecule has 14 heteroatoms. The molecule has 1 aliphatic rings. The predicted octanol–water partition coefficient (Wildman–Crippen LogP) is 3.63. The van der Waals surface area contributed by atoms with Crippen LogP contribution in [0.15, 0.2) is 35.0 Å². The molecule has 4 aromatic rings. The van der Waals surface area contributed by atoms with Crippen LogP contribution in [0.3, 0.4) is 0 Å². The molecule has 5 heterocycles. The number of aromatic amines is 1. The van der Waals surface area contributed by atoms with Gasteiger partial charge in [-0.15, -0.1) is 5.10 Å². The first-order chi connectivity index (χ1) is 14.6. The van der Waals surface area contributed by atoms with E-state index in [9.17, 15) is 26.3 Å². The molecule has 1 atom stereocenters. The Morgan fingerprint density at radius 3 is 2.58 bits per heavy atom. The molecule has 0 saturated heterocycles. The Morgan fingerprint density at radius 2 is 1.87 bits per heavy atom. The summed E-state index contributed by atoms with van der Waals surface area (Å²) in [6.07, 6.45) is -7.72. The average molecular weight is 443 g/mol. The van der Waals surface area contributed by atoms with Crippen LogP contribution in [-0.2, 0) is 18.8 Å². The van der Waals surface area contributed by atoms with Gasteiger partial charge in [0, 0.05) is 18.7 Å². The SMILES string of the molecule is FC(F)(F)c1nnc(N2CCc3[nH]cnc3[C@@H]2c2cc3cccc(C(F)(F)F)n3n2)o1. The van der Waals surface area contributed by atoms with E-state index in [-0.39, 0.29) is 17.8 Å². The van der Waals surface area contributed by atoms with Crippen molar-refractivity contribution in [2.75, 3.05) is 11.4 Å². The summed E-state index contributed by atoms with van der Waals surface area (Å²) in [6, 6.07) is 3.62. The number of nitrogens with one attached hydrogen (secondary N) is 1. The minimum atomic E-state index is -4.83. The van der Waals surface area contributed by atoms with E-state index in [2.05, 4.69) is 25.3 Å². The van der Waals surface area contributed by atoms with Crippen molar-refractivity contribution in [1.29, 1.82) is 0 Å². The molecule has 8 nitrogen and oxygen atoms in total. The summed E-state index contributed by atoms with van der Waals surface area (Å²) in [5, 5.41) is 10.6. The van der Waals surface area contributed by atoms with Gasteiger partial charge < -0.3 is 14.3 Å². The second kappa shape index (κ2) is 6.46. The van der Waals surface area contributed by atoms with Crippen LogP contribution in [0, 0.1) is 0 Å². The Bertz CT molecular complexity index is 1250. The lowest BCUT2D eigenvalue weighted by atomic mass is 10.0. The largest absolute Gasteiger partial charge is 0.470 e. The summed E-state index contributed by atoms with van der Waals surface area (Å²) in [6.45, 7) is 0.152. The minimum Gasteiger partial charge on any atom is -0.399 e. The third-order valence-corrected chi connectivity index (χ3v) is 4.90. The van der Waals surface area contributed by atoms with Crippen LogP contribution in [0.5, 0.6) is 0 Å². The number of rotatable bonds is 2. The maximum absolute atomic E-state index is 13.4. The molecule has 0 aliphatic carbocycles. The van der Waals surface area contributed by atoms with Crippen molar-refractivity contribution in [3.8, 4) is 0 Å².